The van der Waals surface area contributed by atoms with E-state index in [1.807, 2.05) is 91.0 Å². The van der Waals surface area contributed by atoms with Crippen LogP contribution in [0.5, 0.6) is 5.75 Å². The minimum Gasteiger partial charge on any atom is -0.488 e. The molecule has 33 heavy (non-hydrogen) atoms. The van der Waals surface area contributed by atoms with Gasteiger partial charge in [0.15, 0.2) is 0 Å². The molecule has 4 rings (SSSR count). The van der Waals surface area contributed by atoms with Crippen LogP contribution >= 0.6 is 0 Å². The van der Waals surface area contributed by atoms with E-state index in [1.165, 1.54) is 0 Å². The Balaban J connectivity index is 1.72. The number of amides is 3. The first kappa shape index (κ1) is 21.8. The van der Waals surface area contributed by atoms with E-state index in [9.17, 15) is 9.59 Å². The molecular weight excluding hydrogens is 412 g/mol. The zero-order chi connectivity index (χ0) is 23.0. The molecule has 164 valence electrons. The van der Waals surface area contributed by atoms with Crippen molar-refractivity contribution < 1.29 is 14.3 Å². The maximum atomic E-state index is 13.8. The third-order valence-corrected chi connectivity index (χ3v) is 5.30. The van der Waals surface area contributed by atoms with Gasteiger partial charge in [-0.3, -0.25) is 4.79 Å². The summed E-state index contributed by atoms with van der Waals surface area (Å²) in [6, 6.07) is 33.8. The first-order valence-electron chi connectivity index (χ1n) is 10.6. The van der Waals surface area contributed by atoms with Gasteiger partial charge in [-0.25, -0.2) is 9.69 Å². The molecule has 0 aromatic heterocycles. The van der Waals surface area contributed by atoms with Gasteiger partial charge in [-0.1, -0.05) is 103 Å². The van der Waals surface area contributed by atoms with Crippen molar-refractivity contribution in [1.29, 1.82) is 0 Å². The molecule has 0 aliphatic heterocycles. The minimum atomic E-state index is -0.837. The molecule has 4 aromatic carbocycles. The number of primary amides is 1. The van der Waals surface area contributed by atoms with Crippen molar-refractivity contribution in [2.75, 3.05) is 0 Å². The Morgan fingerprint density at radius 1 is 0.697 bits per heavy atom. The SMILES string of the molecule is NC(=O)N(C(=O)c1ccccc1OCc1ccccc1)C(c1ccccc1)c1ccccc1. The van der Waals surface area contributed by atoms with Crippen molar-refractivity contribution in [3.63, 3.8) is 0 Å². The molecule has 0 bridgehead atoms. The van der Waals surface area contributed by atoms with Crippen LogP contribution in [-0.2, 0) is 6.61 Å². The van der Waals surface area contributed by atoms with Gasteiger partial charge in [-0.05, 0) is 28.8 Å². The lowest BCUT2D eigenvalue weighted by Gasteiger charge is -2.30. The summed E-state index contributed by atoms with van der Waals surface area (Å²) in [4.78, 5) is 27.5. The fourth-order valence-corrected chi connectivity index (χ4v) is 3.74. The average Bonchev–Trinajstić information content (AvgIpc) is 2.87. The minimum absolute atomic E-state index is 0.268. The highest BCUT2D eigenvalue weighted by molar-refractivity contribution is 6.06. The maximum absolute atomic E-state index is 13.8. The Labute approximate surface area is 193 Å². The lowest BCUT2D eigenvalue weighted by Crippen LogP contribution is -2.43. The Morgan fingerprint density at radius 3 is 1.73 bits per heavy atom. The number of urea groups is 1. The number of benzene rings is 4. The van der Waals surface area contributed by atoms with Crippen LogP contribution in [0.25, 0.3) is 0 Å². The molecule has 0 atom stereocenters. The van der Waals surface area contributed by atoms with E-state index in [4.69, 9.17) is 10.5 Å². The predicted octanol–water partition coefficient (Wildman–Crippen LogP) is 5.58. The number of carbonyl (C=O) groups excluding carboxylic acids is 2. The van der Waals surface area contributed by atoms with Gasteiger partial charge < -0.3 is 10.5 Å². The Hall–Kier alpha value is -4.38. The van der Waals surface area contributed by atoms with E-state index >= 15 is 0 Å². The van der Waals surface area contributed by atoms with E-state index in [0.29, 0.717) is 12.4 Å². The first-order valence-corrected chi connectivity index (χ1v) is 10.6. The van der Waals surface area contributed by atoms with Crippen LogP contribution in [0.3, 0.4) is 0 Å². The second kappa shape index (κ2) is 10.3. The fraction of sp³-hybridized carbons (Fsp3) is 0.0714. The van der Waals surface area contributed by atoms with Gasteiger partial charge in [0.25, 0.3) is 5.91 Å². The molecule has 5 nitrogen and oxygen atoms in total. The molecule has 0 spiro atoms. The highest BCUT2D eigenvalue weighted by Crippen LogP contribution is 2.32. The van der Waals surface area contributed by atoms with E-state index in [-0.39, 0.29) is 5.56 Å². The molecule has 2 N–H and O–H groups in total. The zero-order valence-electron chi connectivity index (χ0n) is 18.0. The largest absolute Gasteiger partial charge is 0.488 e. The molecular formula is C28H24N2O3. The van der Waals surface area contributed by atoms with Gasteiger partial charge in [-0.15, -0.1) is 0 Å². The highest BCUT2D eigenvalue weighted by atomic mass is 16.5. The van der Waals surface area contributed by atoms with E-state index in [2.05, 4.69) is 0 Å². The van der Waals surface area contributed by atoms with Crippen molar-refractivity contribution in [2.45, 2.75) is 12.6 Å². The van der Waals surface area contributed by atoms with E-state index in [1.54, 1.807) is 24.3 Å². The Kier molecular flexibility index (Phi) is 6.81. The summed E-state index contributed by atoms with van der Waals surface area (Å²) >= 11 is 0. The van der Waals surface area contributed by atoms with Crippen molar-refractivity contribution in [1.82, 2.24) is 4.90 Å². The third kappa shape index (κ3) is 5.10. The van der Waals surface area contributed by atoms with Gasteiger partial charge in [-0.2, -0.15) is 0 Å². The molecule has 0 aliphatic rings. The summed E-state index contributed by atoms with van der Waals surface area (Å²) in [6.07, 6.45) is 0. The topological polar surface area (TPSA) is 72.6 Å². The lowest BCUT2D eigenvalue weighted by atomic mass is 9.96. The Morgan fingerprint density at radius 2 is 1.18 bits per heavy atom. The van der Waals surface area contributed by atoms with Crippen molar-refractivity contribution in [2.24, 2.45) is 5.73 Å². The van der Waals surface area contributed by atoms with Crippen LogP contribution in [0.15, 0.2) is 115 Å². The number of nitrogens with two attached hydrogens (primary N) is 1. The number of para-hydroxylation sites is 1. The van der Waals surface area contributed by atoms with Crippen LogP contribution in [-0.4, -0.2) is 16.8 Å². The third-order valence-electron chi connectivity index (χ3n) is 5.30. The van der Waals surface area contributed by atoms with Crippen LogP contribution in [0.4, 0.5) is 4.79 Å². The summed E-state index contributed by atoms with van der Waals surface area (Å²) in [6.45, 7) is 0.294. The maximum Gasteiger partial charge on any atom is 0.322 e. The number of nitrogens with zero attached hydrogens (tertiary/aromatic N) is 1. The first-order chi connectivity index (χ1) is 16.1. The normalized spacial score (nSPS) is 10.6. The number of imide groups is 1. The van der Waals surface area contributed by atoms with Gasteiger partial charge in [0, 0.05) is 0 Å². The summed E-state index contributed by atoms with van der Waals surface area (Å²) < 4.78 is 5.97. The van der Waals surface area contributed by atoms with E-state index < -0.39 is 18.0 Å². The summed E-state index contributed by atoms with van der Waals surface area (Å²) in [5.74, 6) is -0.138. The summed E-state index contributed by atoms with van der Waals surface area (Å²) in [5.41, 5.74) is 8.58. The Bertz CT molecular complexity index is 1170. The van der Waals surface area contributed by atoms with Crippen molar-refractivity contribution in [3.8, 4) is 5.75 Å². The number of hydrogen-bond acceptors (Lipinski definition) is 3. The van der Waals surface area contributed by atoms with Crippen LogP contribution in [0.1, 0.15) is 33.1 Å². The highest BCUT2D eigenvalue weighted by Gasteiger charge is 2.33. The van der Waals surface area contributed by atoms with Crippen LogP contribution in [0, 0.1) is 0 Å². The molecule has 0 fully saturated rings. The molecule has 5 heteroatoms. The lowest BCUT2D eigenvalue weighted by molar-refractivity contribution is 0.0767. The number of carbonyl (C=O) groups is 2. The smallest absolute Gasteiger partial charge is 0.322 e. The monoisotopic (exact) mass is 436 g/mol. The average molecular weight is 437 g/mol. The predicted molar refractivity (Wildman–Crippen MR) is 128 cm³/mol. The number of rotatable bonds is 7. The number of ether oxygens (including phenoxy) is 1. The van der Waals surface area contributed by atoms with E-state index in [0.717, 1.165) is 21.6 Å². The van der Waals surface area contributed by atoms with Gasteiger partial charge in [0.1, 0.15) is 12.4 Å². The fourth-order valence-electron chi connectivity index (χ4n) is 3.74. The molecule has 0 heterocycles. The molecule has 0 unspecified atom stereocenters. The second-order valence-corrected chi connectivity index (χ2v) is 7.51. The molecule has 0 saturated carbocycles. The van der Waals surface area contributed by atoms with Crippen molar-refractivity contribution in [3.05, 3.63) is 138 Å². The van der Waals surface area contributed by atoms with Gasteiger partial charge in [0.05, 0.1) is 11.6 Å². The summed E-state index contributed by atoms with van der Waals surface area (Å²) in [5, 5.41) is 0. The standard InChI is InChI=1S/C28H24N2O3/c29-28(32)30(26(22-14-6-2-7-15-22)23-16-8-3-9-17-23)27(31)24-18-10-11-19-25(24)33-20-21-12-4-1-5-13-21/h1-19,26H,20H2,(H2,29,32). The molecule has 0 radical (unpaired) electrons. The zero-order valence-corrected chi connectivity index (χ0v) is 18.0. The van der Waals surface area contributed by atoms with Crippen LogP contribution < -0.4 is 10.5 Å². The quantitative estimate of drug-likeness (QED) is 0.411. The molecule has 0 saturated heterocycles. The molecule has 0 aliphatic carbocycles. The van der Waals surface area contributed by atoms with Gasteiger partial charge in [0.2, 0.25) is 0 Å². The molecule has 4 aromatic rings. The van der Waals surface area contributed by atoms with Crippen LogP contribution in [0.2, 0.25) is 0 Å². The molecule has 3 amide bonds. The number of hydrogen-bond donors (Lipinski definition) is 1. The second-order valence-electron chi connectivity index (χ2n) is 7.51. The summed E-state index contributed by atoms with van der Waals surface area (Å²) in [7, 11) is 0. The van der Waals surface area contributed by atoms with Gasteiger partial charge >= 0.3 is 6.03 Å². The van der Waals surface area contributed by atoms with Crippen molar-refractivity contribution >= 4 is 11.9 Å².